The van der Waals surface area contributed by atoms with Crippen LogP contribution in [0.5, 0.6) is 0 Å². The van der Waals surface area contributed by atoms with Gasteiger partial charge < -0.3 is 20.3 Å². The SMILES string of the molecule is CN=C(NCc1ccc(N2CCOC(C)C2)nc1)NCC(C)c1ccc(C)cc1.I. The van der Waals surface area contributed by atoms with Crippen LogP contribution in [0.15, 0.2) is 47.6 Å². The Labute approximate surface area is 197 Å². The third-order valence-electron chi connectivity index (χ3n) is 5.28. The highest BCUT2D eigenvalue weighted by atomic mass is 127. The number of aryl methyl sites for hydroxylation is 1. The van der Waals surface area contributed by atoms with Crippen LogP contribution in [-0.2, 0) is 11.3 Å². The van der Waals surface area contributed by atoms with E-state index in [4.69, 9.17) is 4.74 Å². The second kappa shape index (κ2) is 12.1. The molecule has 2 N–H and O–H groups in total. The smallest absolute Gasteiger partial charge is 0.191 e. The summed E-state index contributed by atoms with van der Waals surface area (Å²) in [6.45, 7) is 10.5. The summed E-state index contributed by atoms with van der Waals surface area (Å²) >= 11 is 0. The maximum absolute atomic E-state index is 5.60. The quantitative estimate of drug-likeness (QED) is 0.344. The van der Waals surface area contributed by atoms with Gasteiger partial charge in [0.2, 0.25) is 0 Å². The van der Waals surface area contributed by atoms with Crippen LogP contribution in [0.3, 0.4) is 0 Å². The molecule has 3 rings (SSSR count). The van der Waals surface area contributed by atoms with Crippen LogP contribution in [-0.4, -0.2) is 50.3 Å². The van der Waals surface area contributed by atoms with Gasteiger partial charge >= 0.3 is 0 Å². The van der Waals surface area contributed by atoms with Crippen LogP contribution in [0.4, 0.5) is 5.82 Å². The van der Waals surface area contributed by atoms with Gasteiger partial charge in [-0.1, -0.05) is 42.8 Å². The van der Waals surface area contributed by atoms with E-state index in [2.05, 4.69) is 82.7 Å². The number of pyridine rings is 1. The molecule has 1 aliphatic heterocycles. The zero-order chi connectivity index (χ0) is 20.6. The van der Waals surface area contributed by atoms with E-state index in [1.165, 1.54) is 11.1 Å². The van der Waals surface area contributed by atoms with Crippen molar-refractivity contribution in [3.8, 4) is 0 Å². The van der Waals surface area contributed by atoms with Gasteiger partial charge in [-0.05, 0) is 37.0 Å². The first-order valence-electron chi connectivity index (χ1n) is 10.4. The lowest BCUT2D eigenvalue weighted by Crippen LogP contribution is -2.41. The van der Waals surface area contributed by atoms with Crippen molar-refractivity contribution in [3.63, 3.8) is 0 Å². The summed E-state index contributed by atoms with van der Waals surface area (Å²) in [5.74, 6) is 2.22. The average Bonchev–Trinajstić information content (AvgIpc) is 2.74. The number of rotatable bonds is 6. The van der Waals surface area contributed by atoms with Gasteiger partial charge in [0.05, 0.1) is 12.7 Å². The first-order valence-corrected chi connectivity index (χ1v) is 10.4. The Morgan fingerprint density at radius 3 is 2.63 bits per heavy atom. The highest BCUT2D eigenvalue weighted by Crippen LogP contribution is 2.16. The monoisotopic (exact) mass is 523 g/mol. The predicted octanol–water partition coefficient (Wildman–Crippen LogP) is 3.70. The number of halogens is 1. The number of morpholine rings is 1. The van der Waals surface area contributed by atoms with Gasteiger partial charge in [0.15, 0.2) is 5.96 Å². The lowest BCUT2D eigenvalue weighted by molar-refractivity contribution is 0.0529. The highest BCUT2D eigenvalue weighted by molar-refractivity contribution is 14.0. The minimum atomic E-state index is 0. The number of guanidine groups is 1. The predicted molar refractivity (Wildman–Crippen MR) is 135 cm³/mol. The number of hydrogen-bond acceptors (Lipinski definition) is 4. The van der Waals surface area contributed by atoms with Gasteiger partial charge in [0.25, 0.3) is 0 Å². The molecule has 7 heteroatoms. The lowest BCUT2D eigenvalue weighted by atomic mass is 10.0. The van der Waals surface area contributed by atoms with E-state index in [0.717, 1.165) is 43.6 Å². The van der Waals surface area contributed by atoms with Crippen molar-refractivity contribution in [1.82, 2.24) is 15.6 Å². The number of aromatic nitrogens is 1. The zero-order valence-corrected chi connectivity index (χ0v) is 20.7. The van der Waals surface area contributed by atoms with Crippen molar-refractivity contribution in [3.05, 3.63) is 59.3 Å². The first kappa shape index (κ1) is 24.4. The summed E-state index contributed by atoms with van der Waals surface area (Å²) in [7, 11) is 1.80. The molecular weight excluding hydrogens is 489 g/mol. The van der Waals surface area contributed by atoms with Crippen LogP contribution in [0, 0.1) is 6.92 Å². The molecule has 0 amide bonds. The molecule has 1 aromatic heterocycles. The Hall–Kier alpha value is -1.87. The van der Waals surface area contributed by atoms with Crippen molar-refractivity contribution in [2.75, 3.05) is 38.2 Å². The maximum atomic E-state index is 5.60. The fourth-order valence-electron chi connectivity index (χ4n) is 3.40. The standard InChI is InChI=1S/C23H33N5O.HI/c1-17-5-8-21(9-6-17)18(2)13-26-23(24-4)27-15-20-7-10-22(25-14-20)28-11-12-29-19(3)16-28;/h5-10,14,18-19H,11-13,15-16H2,1-4H3,(H2,24,26,27);1H. The molecule has 0 saturated carbocycles. The Kier molecular flexibility index (Phi) is 9.84. The Bertz CT molecular complexity index is 794. The van der Waals surface area contributed by atoms with Crippen molar-refractivity contribution < 1.29 is 4.74 Å². The van der Waals surface area contributed by atoms with Gasteiger partial charge in [-0.3, -0.25) is 4.99 Å². The summed E-state index contributed by atoms with van der Waals surface area (Å²) in [6.07, 6.45) is 2.19. The average molecular weight is 523 g/mol. The lowest BCUT2D eigenvalue weighted by Gasteiger charge is -2.32. The molecule has 2 atom stereocenters. The van der Waals surface area contributed by atoms with Crippen LogP contribution in [0.2, 0.25) is 0 Å². The fourth-order valence-corrected chi connectivity index (χ4v) is 3.40. The summed E-state index contributed by atoms with van der Waals surface area (Å²) in [4.78, 5) is 11.2. The summed E-state index contributed by atoms with van der Waals surface area (Å²) in [5, 5.41) is 6.79. The van der Waals surface area contributed by atoms with Crippen molar-refractivity contribution in [2.45, 2.75) is 39.3 Å². The van der Waals surface area contributed by atoms with Crippen molar-refractivity contribution in [1.29, 1.82) is 0 Å². The molecule has 1 aromatic carbocycles. The number of nitrogens with one attached hydrogen (secondary N) is 2. The van der Waals surface area contributed by atoms with E-state index in [0.29, 0.717) is 12.5 Å². The number of ether oxygens (including phenoxy) is 1. The molecule has 6 nitrogen and oxygen atoms in total. The van der Waals surface area contributed by atoms with E-state index < -0.39 is 0 Å². The third-order valence-corrected chi connectivity index (χ3v) is 5.28. The zero-order valence-electron chi connectivity index (χ0n) is 18.4. The third kappa shape index (κ3) is 7.12. The minimum Gasteiger partial charge on any atom is -0.375 e. The molecule has 30 heavy (non-hydrogen) atoms. The number of hydrogen-bond donors (Lipinski definition) is 2. The van der Waals surface area contributed by atoms with Crippen molar-refractivity contribution in [2.24, 2.45) is 4.99 Å². The van der Waals surface area contributed by atoms with Gasteiger partial charge in [-0.25, -0.2) is 4.98 Å². The second-order valence-corrected chi connectivity index (χ2v) is 7.77. The molecule has 0 aliphatic carbocycles. The molecule has 0 radical (unpaired) electrons. The fraction of sp³-hybridized carbons (Fsp3) is 0.478. The second-order valence-electron chi connectivity index (χ2n) is 7.77. The molecule has 1 aliphatic rings. The molecule has 2 heterocycles. The minimum absolute atomic E-state index is 0. The van der Waals surface area contributed by atoms with E-state index in [1.54, 1.807) is 7.05 Å². The van der Waals surface area contributed by atoms with E-state index in [1.807, 2.05) is 6.20 Å². The number of nitrogens with zero attached hydrogens (tertiary/aromatic N) is 3. The molecule has 0 spiro atoms. The summed E-state index contributed by atoms with van der Waals surface area (Å²) in [6, 6.07) is 12.9. The molecule has 1 saturated heterocycles. The number of anilines is 1. The summed E-state index contributed by atoms with van der Waals surface area (Å²) in [5.41, 5.74) is 3.74. The molecular formula is C23H34IN5O. The molecule has 2 aromatic rings. The van der Waals surface area contributed by atoms with Crippen LogP contribution >= 0.6 is 24.0 Å². The van der Waals surface area contributed by atoms with Gasteiger partial charge in [0, 0.05) is 39.4 Å². The normalized spacial score (nSPS) is 17.8. The number of aliphatic imine (C=N–C) groups is 1. The van der Waals surface area contributed by atoms with Gasteiger partial charge in [0.1, 0.15) is 5.82 Å². The van der Waals surface area contributed by atoms with E-state index in [9.17, 15) is 0 Å². The molecule has 164 valence electrons. The Balaban J connectivity index is 0.00000320. The molecule has 2 unspecified atom stereocenters. The highest BCUT2D eigenvalue weighted by Gasteiger charge is 2.17. The Morgan fingerprint density at radius 2 is 2.00 bits per heavy atom. The van der Waals surface area contributed by atoms with Crippen LogP contribution in [0.1, 0.15) is 36.5 Å². The maximum Gasteiger partial charge on any atom is 0.191 e. The van der Waals surface area contributed by atoms with Gasteiger partial charge in [-0.15, -0.1) is 24.0 Å². The van der Waals surface area contributed by atoms with E-state index in [-0.39, 0.29) is 30.1 Å². The van der Waals surface area contributed by atoms with Crippen LogP contribution in [0.25, 0.3) is 0 Å². The summed E-state index contributed by atoms with van der Waals surface area (Å²) < 4.78 is 5.60. The first-order chi connectivity index (χ1) is 14.0. The topological polar surface area (TPSA) is 61.8 Å². The van der Waals surface area contributed by atoms with Crippen LogP contribution < -0.4 is 15.5 Å². The molecule has 0 bridgehead atoms. The van der Waals surface area contributed by atoms with Gasteiger partial charge in [-0.2, -0.15) is 0 Å². The largest absolute Gasteiger partial charge is 0.375 e. The number of benzene rings is 1. The molecule has 1 fully saturated rings. The van der Waals surface area contributed by atoms with Crippen molar-refractivity contribution >= 4 is 35.8 Å². The Morgan fingerprint density at radius 1 is 1.23 bits per heavy atom. The van der Waals surface area contributed by atoms with E-state index >= 15 is 0 Å².